The van der Waals surface area contributed by atoms with Crippen molar-refractivity contribution in [3.05, 3.63) is 0 Å². The molecule has 0 aliphatic carbocycles. The zero-order valence-corrected chi connectivity index (χ0v) is 30.6. The van der Waals surface area contributed by atoms with E-state index < -0.39 is 0 Å². The Balaban J connectivity index is 0.000000159. The molecule has 8 nitrogen and oxygen atoms in total. The molecule has 4 unspecified atom stereocenters. The molecule has 0 amide bonds. The first-order chi connectivity index (χ1) is 17.6. The van der Waals surface area contributed by atoms with Crippen LogP contribution in [-0.2, 0) is 0 Å². The van der Waals surface area contributed by atoms with Crippen molar-refractivity contribution in [3.8, 4) is 0 Å². The zero-order chi connectivity index (χ0) is 24.9. The molecule has 0 aromatic carbocycles. The summed E-state index contributed by atoms with van der Waals surface area (Å²) < 4.78 is 2.66. The molecule has 8 aliphatic heterocycles. The molecule has 0 aromatic heterocycles. The predicted molar refractivity (Wildman–Crippen MR) is 155 cm³/mol. The Labute approximate surface area is 280 Å². The highest BCUT2D eigenvalue weighted by Gasteiger charge is 2.61. The van der Waals surface area contributed by atoms with Crippen LogP contribution in [0.5, 0.6) is 0 Å². The van der Waals surface area contributed by atoms with Crippen LogP contribution < -0.4 is 48.0 Å². The Hall–Kier alpha value is 1.87. The Kier molecular flexibility index (Phi) is 11.8. The SMILES string of the molecule is C1CN2CCN3CCCN4CCN(C1)C2C34.CI.C[N+]12CCCN3CC[N+]4(C)CCCN(CC1)C4C32.[I-].[I-]. The Bertz CT molecular complexity index is 695. The van der Waals surface area contributed by atoms with Crippen molar-refractivity contribution in [2.45, 2.75) is 50.3 Å². The van der Waals surface area contributed by atoms with Crippen molar-refractivity contribution in [2.75, 3.05) is 124 Å². The van der Waals surface area contributed by atoms with E-state index in [2.05, 4.69) is 66.1 Å². The molecule has 0 aromatic rings. The fourth-order valence-corrected chi connectivity index (χ4v) is 9.49. The van der Waals surface area contributed by atoms with Crippen LogP contribution in [0.1, 0.15) is 25.7 Å². The van der Waals surface area contributed by atoms with E-state index in [-0.39, 0.29) is 48.0 Å². The average molecular weight is 870 g/mol. The summed E-state index contributed by atoms with van der Waals surface area (Å²) in [5, 5.41) is 0. The first-order valence-electron chi connectivity index (χ1n) is 15.1. The van der Waals surface area contributed by atoms with Crippen LogP contribution in [0.3, 0.4) is 0 Å². The van der Waals surface area contributed by atoms with Crippen LogP contribution >= 0.6 is 22.6 Å². The second-order valence-corrected chi connectivity index (χ2v) is 13.1. The van der Waals surface area contributed by atoms with Gasteiger partial charge in [-0.1, -0.05) is 22.6 Å². The molecule has 0 radical (unpaired) electrons. The third-order valence-corrected chi connectivity index (χ3v) is 11.2. The van der Waals surface area contributed by atoms with Crippen LogP contribution in [-0.4, -0.2) is 187 Å². The molecule has 0 bridgehead atoms. The molecular formula is C27H53I3N8. The smallest absolute Gasteiger partial charge is 0.213 e. The standard InChI is InChI=1S/C14H28N4.C12H22N4.CH3I.2HI/c1-17-9-3-5-15-8-12-18(2)10-4-6-16(7-11-17)14(18)13(15)17;1-3-13-7-9-15-5-2-6-16-10-8-14(4-1)11(13)12(15)16;1-2;;/h13-14H,3-12H2,1-2H3;11-12H,1-10H2;1H3;2*1H/q+2;;;;/p-2. The van der Waals surface area contributed by atoms with E-state index in [9.17, 15) is 0 Å². The molecule has 0 N–H and O–H groups in total. The van der Waals surface area contributed by atoms with Gasteiger partial charge in [0.2, 0.25) is 12.3 Å². The van der Waals surface area contributed by atoms with Gasteiger partial charge in [0.25, 0.3) is 0 Å². The minimum absolute atomic E-state index is 0. The Morgan fingerprint density at radius 3 is 1.08 bits per heavy atom. The molecule has 4 atom stereocenters. The monoisotopic (exact) mass is 870 g/mol. The molecule has 222 valence electrons. The average Bonchev–Trinajstić information content (AvgIpc) is 2.92. The van der Waals surface area contributed by atoms with E-state index in [4.69, 9.17) is 0 Å². The maximum absolute atomic E-state index is 2.83. The third kappa shape index (κ3) is 5.84. The number of likely N-dealkylation sites (N-methyl/N-ethyl adjacent to an activating group) is 2. The molecule has 8 aliphatic rings. The first kappa shape index (κ1) is 32.8. The van der Waals surface area contributed by atoms with E-state index in [1.165, 1.54) is 139 Å². The highest BCUT2D eigenvalue weighted by molar-refractivity contribution is 14.1. The minimum Gasteiger partial charge on any atom is -1.00 e. The summed E-state index contributed by atoms with van der Waals surface area (Å²) in [7, 11) is 5.05. The third-order valence-electron chi connectivity index (χ3n) is 11.2. The van der Waals surface area contributed by atoms with Crippen LogP contribution in [0.4, 0.5) is 0 Å². The van der Waals surface area contributed by atoms with Gasteiger partial charge >= 0.3 is 0 Å². The number of rotatable bonds is 0. The Morgan fingerprint density at radius 1 is 0.421 bits per heavy atom. The van der Waals surface area contributed by atoms with Gasteiger partial charge in [-0.15, -0.1) is 0 Å². The van der Waals surface area contributed by atoms with Crippen LogP contribution in [0.25, 0.3) is 0 Å². The quantitative estimate of drug-likeness (QED) is 0.137. The van der Waals surface area contributed by atoms with Crippen molar-refractivity contribution in [2.24, 2.45) is 0 Å². The van der Waals surface area contributed by atoms with Crippen molar-refractivity contribution in [1.29, 1.82) is 0 Å². The van der Waals surface area contributed by atoms with E-state index in [1.807, 2.05) is 4.93 Å². The summed E-state index contributed by atoms with van der Waals surface area (Å²) in [6.45, 7) is 21.4. The van der Waals surface area contributed by atoms with Gasteiger partial charge in [0.15, 0.2) is 0 Å². The molecule has 38 heavy (non-hydrogen) atoms. The van der Waals surface area contributed by atoms with Crippen LogP contribution in [0.15, 0.2) is 0 Å². The molecule has 0 spiro atoms. The molecular weight excluding hydrogens is 817 g/mol. The van der Waals surface area contributed by atoms with Gasteiger partial charge in [-0.3, -0.25) is 19.6 Å². The molecule has 8 saturated heterocycles. The number of halogens is 3. The number of quaternary nitrogens is 2. The van der Waals surface area contributed by atoms with Gasteiger partial charge in [-0.25, -0.2) is 9.80 Å². The van der Waals surface area contributed by atoms with E-state index in [0.717, 1.165) is 24.7 Å². The highest BCUT2D eigenvalue weighted by atomic mass is 127. The van der Waals surface area contributed by atoms with Crippen molar-refractivity contribution in [1.82, 2.24) is 29.4 Å². The Morgan fingerprint density at radius 2 is 0.737 bits per heavy atom. The van der Waals surface area contributed by atoms with Crippen molar-refractivity contribution in [3.63, 3.8) is 0 Å². The van der Waals surface area contributed by atoms with Gasteiger partial charge in [0.05, 0.1) is 65.7 Å². The zero-order valence-electron chi connectivity index (χ0n) is 24.2. The minimum atomic E-state index is 0. The second-order valence-electron chi connectivity index (χ2n) is 13.1. The maximum atomic E-state index is 2.83. The second kappa shape index (κ2) is 13.7. The van der Waals surface area contributed by atoms with Gasteiger partial charge in [-0.05, 0) is 17.8 Å². The molecule has 8 fully saturated rings. The van der Waals surface area contributed by atoms with Gasteiger partial charge in [0.1, 0.15) is 0 Å². The number of nitrogens with zero attached hydrogens (tertiary/aromatic N) is 8. The van der Waals surface area contributed by atoms with E-state index in [1.54, 1.807) is 0 Å². The molecule has 11 heteroatoms. The lowest BCUT2D eigenvalue weighted by molar-refractivity contribution is -1.04. The van der Waals surface area contributed by atoms with Crippen molar-refractivity contribution < 1.29 is 56.9 Å². The summed E-state index contributed by atoms with van der Waals surface area (Å²) in [6, 6.07) is 0. The van der Waals surface area contributed by atoms with E-state index >= 15 is 0 Å². The number of hydrogen-bond acceptors (Lipinski definition) is 6. The van der Waals surface area contributed by atoms with Gasteiger partial charge in [0, 0.05) is 78.3 Å². The number of hydrogen-bond donors (Lipinski definition) is 0. The molecule has 8 heterocycles. The highest BCUT2D eigenvalue weighted by Crippen LogP contribution is 2.39. The topological polar surface area (TPSA) is 19.4 Å². The first-order valence-corrected chi connectivity index (χ1v) is 17.2. The lowest BCUT2D eigenvalue weighted by Gasteiger charge is -2.65. The summed E-state index contributed by atoms with van der Waals surface area (Å²) in [6.07, 6.45) is 8.57. The van der Waals surface area contributed by atoms with Crippen LogP contribution in [0, 0.1) is 0 Å². The van der Waals surface area contributed by atoms with Crippen LogP contribution in [0.2, 0.25) is 0 Å². The fourth-order valence-electron chi connectivity index (χ4n) is 9.49. The van der Waals surface area contributed by atoms with Gasteiger partial charge < -0.3 is 56.9 Å². The van der Waals surface area contributed by atoms with Gasteiger partial charge in [-0.2, -0.15) is 0 Å². The number of alkyl halides is 1. The fraction of sp³-hybridized carbons (Fsp3) is 1.00. The summed E-state index contributed by atoms with van der Waals surface area (Å²) in [5.41, 5.74) is 0. The summed E-state index contributed by atoms with van der Waals surface area (Å²) in [5.74, 6) is 0. The molecule has 0 saturated carbocycles. The lowest BCUT2D eigenvalue weighted by Crippen LogP contribution is -3.00. The summed E-state index contributed by atoms with van der Waals surface area (Å²) >= 11 is 2.15. The van der Waals surface area contributed by atoms with E-state index in [0.29, 0.717) is 0 Å². The largest absolute Gasteiger partial charge is 1.00 e. The molecule has 8 rings (SSSR count). The van der Waals surface area contributed by atoms with Crippen molar-refractivity contribution >= 4 is 22.6 Å². The summed E-state index contributed by atoms with van der Waals surface area (Å²) in [4.78, 5) is 18.6. The predicted octanol–water partition coefficient (Wildman–Crippen LogP) is -5.29. The normalized spacial score (nSPS) is 42.9. The maximum Gasteiger partial charge on any atom is 0.213 e. The number of piperazine rings is 4. The lowest BCUT2D eigenvalue weighted by atomic mass is 9.96.